The van der Waals surface area contributed by atoms with Gasteiger partial charge in [0.15, 0.2) is 0 Å². The second kappa shape index (κ2) is 5.65. The van der Waals surface area contributed by atoms with Crippen LogP contribution in [0, 0.1) is 11.3 Å². The summed E-state index contributed by atoms with van der Waals surface area (Å²) in [6.07, 6.45) is 1.70. The van der Waals surface area contributed by atoms with E-state index >= 15 is 0 Å². The molecule has 1 saturated carbocycles. The number of hydrogen-bond acceptors (Lipinski definition) is 3. The third-order valence-electron chi connectivity index (χ3n) is 3.42. The lowest BCUT2D eigenvalue weighted by molar-refractivity contribution is -0.133. The number of hydrogen-bond donors (Lipinski definition) is 2. The summed E-state index contributed by atoms with van der Waals surface area (Å²) >= 11 is 5.00. The number of nitrogens with two attached hydrogens (primary N) is 1. The maximum absolute atomic E-state index is 12.1. The number of nitrogens with one attached hydrogen (secondary N) is 1. The molecule has 3 N–H and O–H groups in total. The van der Waals surface area contributed by atoms with Gasteiger partial charge in [-0.1, -0.05) is 19.1 Å². The number of nitrogens with zero attached hydrogens (tertiary/aromatic N) is 1. The van der Waals surface area contributed by atoms with Gasteiger partial charge >= 0.3 is 0 Å². The maximum atomic E-state index is 12.1. The lowest BCUT2D eigenvalue weighted by Gasteiger charge is -2.44. The number of thiocarbonyl (C=S) groups is 1. The molecule has 0 aromatic rings. The topological polar surface area (TPSA) is 75.4 Å². The molecule has 0 spiro atoms. The number of carbonyl (C=O) groups is 2. The van der Waals surface area contributed by atoms with E-state index < -0.39 is 5.41 Å². The van der Waals surface area contributed by atoms with Crippen LogP contribution in [0.15, 0.2) is 0 Å². The zero-order chi connectivity index (χ0) is 13.9. The lowest BCUT2D eigenvalue weighted by Crippen LogP contribution is -2.56. The summed E-state index contributed by atoms with van der Waals surface area (Å²) < 4.78 is 0. The summed E-state index contributed by atoms with van der Waals surface area (Å²) in [7, 11) is 3.38. The molecule has 1 rings (SSSR count). The summed E-state index contributed by atoms with van der Waals surface area (Å²) in [6, 6.07) is 0. The van der Waals surface area contributed by atoms with Crippen molar-refractivity contribution in [3.8, 4) is 0 Å². The third kappa shape index (κ3) is 2.98. The first-order chi connectivity index (χ1) is 8.29. The predicted octanol–water partition coefficient (Wildman–Crippen LogP) is 0.283. The van der Waals surface area contributed by atoms with E-state index in [1.165, 1.54) is 4.90 Å². The summed E-state index contributed by atoms with van der Waals surface area (Å²) in [5.41, 5.74) is 4.99. The summed E-state index contributed by atoms with van der Waals surface area (Å²) in [4.78, 5) is 25.2. The van der Waals surface area contributed by atoms with Crippen molar-refractivity contribution in [2.24, 2.45) is 17.1 Å². The van der Waals surface area contributed by atoms with Crippen LogP contribution in [0.4, 0.5) is 0 Å². The van der Waals surface area contributed by atoms with Gasteiger partial charge in [0.05, 0.1) is 10.4 Å². The Morgan fingerprint density at radius 2 is 2.00 bits per heavy atom. The van der Waals surface area contributed by atoms with Crippen molar-refractivity contribution < 1.29 is 9.59 Å². The summed E-state index contributed by atoms with van der Waals surface area (Å²) in [5.74, 6) is 0.321. The summed E-state index contributed by atoms with van der Waals surface area (Å²) in [5, 5.41) is 2.76. The van der Waals surface area contributed by atoms with Gasteiger partial charge in [-0.25, -0.2) is 0 Å². The highest BCUT2D eigenvalue weighted by atomic mass is 32.1. The Kier molecular flexibility index (Phi) is 4.67. The molecule has 0 radical (unpaired) electrons. The molecule has 1 aliphatic rings. The first-order valence-corrected chi connectivity index (χ1v) is 6.49. The number of amides is 2. The van der Waals surface area contributed by atoms with Gasteiger partial charge in [0.1, 0.15) is 0 Å². The van der Waals surface area contributed by atoms with E-state index in [4.69, 9.17) is 18.0 Å². The smallest absolute Gasteiger partial charge is 0.233 e. The average molecular weight is 271 g/mol. The van der Waals surface area contributed by atoms with Crippen LogP contribution in [0.2, 0.25) is 0 Å². The summed E-state index contributed by atoms with van der Waals surface area (Å²) in [6.45, 7) is 2.40. The van der Waals surface area contributed by atoms with Gasteiger partial charge < -0.3 is 16.0 Å². The van der Waals surface area contributed by atoms with Crippen molar-refractivity contribution in [1.29, 1.82) is 0 Å². The largest absolute Gasteiger partial charge is 0.392 e. The van der Waals surface area contributed by atoms with E-state index in [2.05, 4.69) is 12.2 Å². The number of rotatable bonds is 5. The highest BCUT2D eigenvalue weighted by Gasteiger charge is 2.50. The van der Waals surface area contributed by atoms with Gasteiger partial charge in [0, 0.05) is 27.1 Å². The van der Waals surface area contributed by atoms with E-state index in [0.29, 0.717) is 31.7 Å². The van der Waals surface area contributed by atoms with Crippen LogP contribution in [0.1, 0.15) is 26.2 Å². The molecule has 0 unspecified atom stereocenters. The fourth-order valence-electron chi connectivity index (χ4n) is 2.30. The van der Waals surface area contributed by atoms with Gasteiger partial charge in [-0.3, -0.25) is 9.59 Å². The van der Waals surface area contributed by atoms with Crippen LogP contribution in [0.25, 0.3) is 0 Å². The molecular formula is C12H21N3O2S. The van der Waals surface area contributed by atoms with E-state index in [1.807, 2.05) is 0 Å². The minimum Gasteiger partial charge on any atom is -0.392 e. The van der Waals surface area contributed by atoms with Gasteiger partial charge in [-0.2, -0.15) is 0 Å². The molecule has 18 heavy (non-hydrogen) atoms. The van der Waals surface area contributed by atoms with E-state index in [1.54, 1.807) is 14.1 Å². The van der Waals surface area contributed by atoms with Crippen LogP contribution >= 0.6 is 12.2 Å². The zero-order valence-corrected chi connectivity index (χ0v) is 12.0. The normalized spacial score (nSPS) is 26.1. The van der Waals surface area contributed by atoms with E-state index in [9.17, 15) is 9.59 Å². The Labute approximate surface area is 113 Å². The fraction of sp³-hybridized carbons (Fsp3) is 0.750. The molecular weight excluding hydrogens is 250 g/mol. The van der Waals surface area contributed by atoms with Crippen LogP contribution < -0.4 is 11.1 Å². The van der Waals surface area contributed by atoms with Gasteiger partial charge in [-0.15, -0.1) is 0 Å². The lowest BCUT2D eigenvalue weighted by atomic mass is 9.62. The van der Waals surface area contributed by atoms with Gasteiger partial charge in [-0.05, 0) is 18.8 Å². The second-order valence-electron chi connectivity index (χ2n) is 5.25. The minimum absolute atomic E-state index is 0.0124. The molecule has 0 heterocycles. The van der Waals surface area contributed by atoms with Crippen LogP contribution in [-0.2, 0) is 9.59 Å². The van der Waals surface area contributed by atoms with Crippen molar-refractivity contribution in [2.45, 2.75) is 26.2 Å². The molecule has 1 fully saturated rings. The van der Waals surface area contributed by atoms with Crippen LogP contribution in [-0.4, -0.2) is 42.3 Å². The Balaban J connectivity index is 2.45. The second-order valence-corrected chi connectivity index (χ2v) is 5.69. The Morgan fingerprint density at radius 3 is 2.39 bits per heavy atom. The van der Waals surface area contributed by atoms with E-state index in [0.717, 1.165) is 0 Å². The van der Waals surface area contributed by atoms with Crippen molar-refractivity contribution in [3.05, 3.63) is 0 Å². The standard InChI is InChI=1S/C12H21N3O2S/c1-8-6-12(7-8,10(13)18)11(17)14-5-4-9(16)15(2)3/h8H,4-7H2,1-3H3,(H2,13,18)(H,14,17). The molecule has 0 atom stereocenters. The SMILES string of the molecule is CC1CC(C(=O)NCCC(=O)N(C)C)(C(N)=S)C1. The first-order valence-electron chi connectivity index (χ1n) is 6.08. The van der Waals surface area contributed by atoms with Crippen molar-refractivity contribution in [3.63, 3.8) is 0 Å². The first kappa shape index (κ1) is 14.9. The van der Waals surface area contributed by atoms with Gasteiger partial charge in [0.25, 0.3) is 0 Å². The monoisotopic (exact) mass is 271 g/mol. The fourth-order valence-corrected chi connectivity index (χ4v) is 2.56. The molecule has 0 saturated heterocycles. The van der Waals surface area contributed by atoms with Crippen LogP contribution in [0.5, 0.6) is 0 Å². The molecule has 0 aromatic heterocycles. The molecule has 102 valence electrons. The molecule has 0 aliphatic heterocycles. The molecule has 1 aliphatic carbocycles. The quantitative estimate of drug-likeness (QED) is 0.704. The molecule has 2 amide bonds. The van der Waals surface area contributed by atoms with E-state index in [-0.39, 0.29) is 16.8 Å². The molecule has 0 bridgehead atoms. The minimum atomic E-state index is -0.685. The highest BCUT2D eigenvalue weighted by Crippen LogP contribution is 2.45. The Bertz CT molecular complexity index is 362. The molecule has 6 heteroatoms. The molecule has 5 nitrogen and oxygen atoms in total. The molecule has 0 aromatic carbocycles. The van der Waals surface area contributed by atoms with Crippen molar-refractivity contribution in [1.82, 2.24) is 10.2 Å². The highest BCUT2D eigenvalue weighted by molar-refractivity contribution is 7.80. The predicted molar refractivity (Wildman–Crippen MR) is 73.9 cm³/mol. The maximum Gasteiger partial charge on any atom is 0.233 e. The Hall–Kier alpha value is -1.17. The van der Waals surface area contributed by atoms with Gasteiger partial charge in [0.2, 0.25) is 11.8 Å². The third-order valence-corrected chi connectivity index (χ3v) is 3.81. The number of carbonyl (C=O) groups excluding carboxylic acids is 2. The van der Waals surface area contributed by atoms with Crippen molar-refractivity contribution >= 4 is 29.0 Å². The van der Waals surface area contributed by atoms with Crippen LogP contribution in [0.3, 0.4) is 0 Å². The zero-order valence-electron chi connectivity index (χ0n) is 11.2. The van der Waals surface area contributed by atoms with Crippen molar-refractivity contribution in [2.75, 3.05) is 20.6 Å². The average Bonchev–Trinajstić information content (AvgIpc) is 2.23. The Morgan fingerprint density at radius 1 is 1.44 bits per heavy atom.